The zero-order valence-corrected chi connectivity index (χ0v) is 19.4. The van der Waals surface area contributed by atoms with Crippen molar-refractivity contribution in [2.45, 2.75) is 0 Å². The van der Waals surface area contributed by atoms with Crippen LogP contribution in [-0.4, -0.2) is 9.66 Å². The van der Waals surface area contributed by atoms with Crippen LogP contribution in [0.25, 0.3) is 39.4 Å². The molecule has 4 nitrogen and oxygen atoms in total. The summed E-state index contributed by atoms with van der Waals surface area (Å²) in [5.41, 5.74) is 9.70. The van der Waals surface area contributed by atoms with Crippen LogP contribution in [0.5, 0.6) is 0 Å². The minimum atomic E-state index is -0.140. The highest BCUT2D eigenvalue weighted by atomic mass is 35.5. The monoisotopic (exact) mass is 473 g/mol. The third-order valence-corrected chi connectivity index (χ3v) is 6.31. The van der Waals surface area contributed by atoms with Gasteiger partial charge in [0.05, 0.1) is 16.6 Å². The van der Waals surface area contributed by atoms with E-state index in [9.17, 15) is 4.79 Å². The molecule has 6 rings (SSSR count). The number of hydrogen-bond donors (Lipinski definition) is 1. The van der Waals surface area contributed by atoms with Gasteiger partial charge in [0.1, 0.15) is 0 Å². The fraction of sp³-hybridized carbons (Fsp3) is 0. The van der Waals surface area contributed by atoms with Crippen LogP contribution >= 0.6 is 11.6 Å². The van der Waals surface area contributed by atoms with Gasteiger partial charge in [-0.2, -0.15) is 0 Å². The fourth-order valence-electron chi connectivity index (χ4n) is 4.27. The lowest BCUT2D eigenvalue weighted by Crippen LogP contribution is -2.34. The van der Waals surface area contributed by atoms with Crippen molar-refractivity contribution >= 4 is 39.9 Å². The summed E-state index contributed by atoms with van der Waals surface area (Å²) in [6.07, 6.45) is 4.05. The molecular weight excluding hydrogens is 454 g/mol. The summed E-state index contributed by atoms with van der Waals surface area (Å²) in [5, 5.41) is 1.24. The van der Waals surface area contributed by atoms with Crippen molar-refractivity contribution in [3.8, 4) is 11.1 Å². The highest BCUT2D eigenvalue weighted by Crippen LogP contribution is 2.29. The molecule has 0 aliphatic carbocycles. The number of para-hydroxylation sites is 1. The number of allylic oxidation sites excluding steroid dienone is 2. The van der Waals surface area contributed by atoms with Crippen molar-refractivity contribution in [3.63, 3.8) is 0 Å². The molecule has 1 aromatic heterocycles. The summed E-state index contributed by atoms with van der Waals surface area (Å²) in [6.45, 7) is 0. The van der Waals surface area contributed by atoms with Crippen molar-refractivity contribution in [2.24, 2.45) is 0 Å². The quantitative estimate of drug-likeness (QED) is 0.311. The lowest BCUT2D eigenvalue weighted by molar-refractivity contribution is 0.854. The minimum Gasteiger partial charge on any atom is -0.289 e. The van der Waals surface area contributed by atoms with E-state index in [4.69, 9.17) is 16.6 Å². The van der Waals surface area contributed by atoms with E-state index in [-0.39, 0.29) is 5.56 Å². The first-order valence-electron chi connectivity index (χ1n) is 11.3. The predicted octanol–water partition coefficient (Wildman–Crippen LogP) is 6.86. The van der Waals surface area contributed by atoms with Crippen LogP contribution < -0.4 is 11.0 Å². The van der Waals surface area contributed by atoms with Gasteiger partial charge in [-0.05, 0) is 58.7 Å². The lowest BCUT2D eigenvalue weighted by atomic mass is 10.0. The van der Waals surface area contributed by atoms with Gasteiger partial charge in [0.25, 0.3) is 5.56 Å². The van der Waals surface area contributed by atoms with E-state index in [0.29, 0.717) is 21.7 Å². The molecule has 5 heteroatoms. The summed E-state index contributed by atoms with van der Waals surface area (Å²) in [4.78, 5) is 18.2. The van der Waals surface area contributed by atoms with Crippen molar-refractivity contribution in [2.75, 3.05) is 5.43 Å². The molecule has 0 amide bonds. The van der Waals surface area contributed by atoms with E-state index >= 15 is 0 Å². The first-order chi connectivity index (χ1) is 17.2. The summed E-state index contributed by atoms with van der Waals surface area (Å²) < 4.78 is 1.53. The van der Waals surface area contributed by atoms with Crippen molar-refractivity contribution in [3.05, 3.63) is 142 Å². The first-order valence-corrected chi connectivity index (χ1v) is 11.7. The molecule has 168 valence electrons. The molecule has 4 aromatic carbocycles. The molecule has 0 bridgehead atoms. The number of benzene rings is 4. The molecule has 0 saturated heterocycles. The second-order valence-electron chi connectivity index (χ2n) is 8.36. The van der Waals surface area contributed by atoms with Crippen LogP contribution in [0, 0.1) is 0 Å². The molecule has 0 fully saturated rings. The Bertz CT molecular complexity index is 1670. The standard InChI is InChI=1S/C30H20ClN3O/c31-25-16-10-20(11-17-25)18-24-19-28(23-14-12-22(13-15-23)21-6-2-1-3-7-21)33-34-29(24)32-27-9-5-4-8-26(27)30(34)35/h1-19,33H/b24-18+. The first kappa shape index (κ1) is 21.1. The number of halogens is 1. The average molecular weight is 474 g/mol. The number of nitrogens with zero attached hydrogens (tertiary/aromatic N) is 2. The van der Waals surface area contributed by atoms with Gasteiger partial charge >= 0.3 is 0 Å². The summed E-state index contributed by atoms with van der Waals surface area (Å²) in [7, 11) is 0. The highest BCUT2D eigenvalue weighted by molar-refractivity contribution is 6.30. The third kappa shape index (κ3) is 4.05. The van der Waals surface area contributed by atoms with E-state index in [2.05, 4.69) is 41.8 Å². The van der Waals surface area contributed by atoms with Gasteiger partial charge in [-0.25, -0.2) is 9.66 Å². The summed E-state index contributed by atoms with van der Waals surface area (Å²) in [6, 6.07) is 33.6. The summed E-state index contributed by atoms with van der Waals surface area (Å²) >= 11 is 6.08. The molecular formula is C30H20ClN3O. The number of hydrogen-bond acceptors (Lipinski definition) is 3. The Morgan fingerprint density at radius 3 is 2.17 bits per heavy atom. The molecule has 0 radical (unpaired) electrons. The average Bonchev–Trinajstić information content (AvgIpc) is 2.91. The Balaban J connectivity index is 1.49. The van der Waals surface area contributed by atoms with Gasteiger partial charge < -0.3 is 0 Å². The Kier molecular flexibility index (Phi) is 5.28. The highest BCUT2D eigenvalue weighted by Gasteiger charge is 2.20. The van der Waals surface area contributed by atoms with E-state index in [1.807, 2.05) is 72.8 Å². The molecule has 0 saturated carbocycles. The van der Waals surface area contributed by atoms with Crippen LogP contribution in [0.15, 0.2) is 114 Å². The van der Waals surface area contributed by atoms with E-state index < -0.39 is 0 Å². The smallest absolute Gasteiger partial charge is 0.280 e. The largest absolute Gasteiger partial charge is 0.289 e. The zero-order valence-electron chi connectivity index (χ0n) is 18.7. The predicted molar refractivity (Wildman–Crippen MR) is 145 cm³/mol. The Labute approximate surface area is 207 Å². The van der Waals surface area contributed by atoms with E-state index in [0.717, 1.165) is 33.5 Å². The van der Waals surface area contributed by atoms with Crippen LogP contribution in [-0.2, 0) is 0 Å². The van der Waals surface area contributed by atoms with Gasteiger partial charge in [-0.3, -0.25) is 10.2 Å². The number of nitrogens with one attached hydrogen (secondary N) is 1. The Morgan fingerprint density at radius 1 is 0.743 bits per heavy atom. The molecule has 0 unspecified atom stereocenters. The van der Waals surface area contributed by atoms with Crippen LogP contribution in [0.4, 0.5) is 0 Å². The second-order valence-corrected chi connectivity index (χ2v) is 8.79. The van der Waals surface area contributed by atoms with Gasteiger partial charge in [-0.15, -0.1) is 0 Å². The number of aromatic nitrogens is 2. The van der Waals surface area contributed by atoms with E-state index in [1.54, 1.807) is 6.07 Å². The maximum Gasteiger partial charge on any atom is 0.280 e. The zero-order chi connectivity index (χ0) is 23.8. The van der Waals surface area contributed by atoms with Crippen molar-refractivity contribution < 1.29 is 0 Å². The van der Waals surface area contributed by atoms with Gasteiger partial charge in [0, 0.05) is 10.6 Å². The molecule has 0 atom stereocenters. The SMILES string of the molecule is O=c1c2ccccc2nc2n1NC(c1ccc(-c3ccccc3)cc1)=C/C2=C\c1ccc(Cl)cc1. The van der Waals surface area contributed by atoms with Crippen LogP contribution in [0.2, 0.25) is 5.02 Å². The molecule has 0 spiro atoms. The molecule has 35 heavy (non-hydrogen) atoms. The summed E-state index contributed by atoms with van der Waals surface area (Å²) in [5.74, 6) is 0.563. The lowest BCUT2D eigenvalue weighted by Gasteiger charge is -2.23. The van der Waals surface area contributed by atoms with Crippen LogP contribution in [0.1, 0.15) is 17.0 Å². The van der Waals surface area contributed by atoms with Gasteiger partial charge in [0.15, 0.2) is 5.82 Å². The molecule has 5 aromatic rings. The Morgan fingerprint density at radius 2 is 1.40 bits per heavy atom. The normalized spacial score (nSPS) is 13.9. The van der Waals surface area contributed by atoms with Gasteiger partial charge in [-0.1, -0.05) is 90.5 Å². The van der Waals surface area contributed by atoms with Gasteiger partial charge in [0.2, 0.25) is 0 Å². The molecule has 1 N–H and O–H groups in total. The maximum absolute atomic E-state index is 13.4. The van der Waals surface area contributed by atoms with Crippen molar-refractivity contribution in [1.29, 1.82) is 0 Å². The molecule has 2 heterocycles. The fourth-order valence-corrected chi connectivity index (χ4v) is 4.39. The topological polar surface area (TPSA) is 46.9 Å². The Hall–Kier alpha value is -4.41. The van der Waals surface area contributed by atoms with Crippen LogP contribution in [0.3, 0.4) is 0 Å². The second kappa shape index (κ2) is 8.75. The number of fused-ring (bicyclic) bond motifs is 2. The molecule has 1 aliphatic rings. The van der Waals surface area contributed by atoms with E-state index in [1.165, 1.54) is 4.68 Å². The van der Waals surface area contributed by atoms with Crippen molar-refractivity contribution in [1.82, 2.24) is 9.66 Å². The third-order valence-electron chi connectivity index (χ3n) is 6.06. The minimum absolute atomic E-state index is 0.140. The number of rotatable bonds is 3. The maximum atomic E-state index is 13.4. The molecule has 1 aliphatic heterocycles.